The molecule has 30 heavy (non-hydrogen) atoms. The number of benzene rings is 2. The number of aromatic amines is 1. The Morgan fingerprint density at radius 2 is 1.90 bits per heavy atom. The molecule has 2 aromatic carbocycles. The summed E-state index contributed by atoms with van der Waals surface area (Å²) in [5, 5.41) is 1.15. The summed E-state index contributed by atoms with van der Waals surface area (Å²) in [5.41, 5.74) is 3.01. The second-order valence-electron chi connectivity index (χ2n) is 7.64. The molecule has 2 N–H and O–H groups in total. The molecule has 1 amide bonds. The number of hydrogen-bond donors (Lipinski definition) is 2. The second kappa shape index (κ2) is 8.02. The SMILES string of the molecule is COc1ccc2[nH]cc(C3CCN(C(=O)c4ccccc4NS(C)(=O)=O)CC3)c2c1. The molecule has 1 saturated heterocycles. The summed E-state index contributed by atoms with van der Waals surface area (Å²) in [6, 6.07) is 12.7. The van der Waals surface area contributed by atoms with Gasteiger partial charge in [0.25, 0.3) is 5.91 Å². The number of ether oxygens (including phenoxy) is 1. The minimum Gasteiger partial charge on any atom is -0.497 e. The second-order valence-corrected chi connectivity index (χ2v) is 9.39. The van der Waals surface area contributed by atoms with Gasteiger partial charge in [0.1, 0.15) is 5.75 Å². The van der Waals surface area contributed by atoms with E-state index < -0.39 is 10.0 Å². The number of amides is 1. The van der Waals surface area contributed by atoms with Gasteiger partial charge < -0.3 is 14.6 Å². The highest BCUT2D eigenvalue weighted by Crippen LogP contribution is 2.35. The van der Waals surface area contributed by atoms with Crippen LogP contribution in [-0.2, 0) is 10.0 Å². The van der Waals surface area contributed by atoms with Crippen molar-refractivity contribution in [3.63, 3.8) is 0 Å². The van der Waals surface area contributed by atoms with E-state index in [0.717, 1.165) is 35.7 Å². The summed E-state index contributed by atoms with van der Waals surface area (Å²) in [5.74, 6) is 1.02. The molecule has 0 aliphatic carbocycles. The fourth-order valence-corrected chi connectivity index (χ4v) is 4.69. The van der Waals surface area contributed by atoms with Crippen molar-refractivity contribution in [1.82, 2.24) is 9.88 Å². The largest absolute Gasteiger partial charge is 0.497 e. The van der Waals surface area contributed by atoms with E-state index in [0.29, 0.717) is 30.3 Å². The van der Waals surface area contributed by atoms with E-state index in [1.54, 1.807) is 36.3 Å². The molecule has 0 unspecified atom stereocenters. The lowest BCUT2D eigenvalue weighted by atomic mass is 9.89. The number of fused-ring (bicyclic) bond motifs is 1. The van der Waals surface area contributed by atoms with Gasteiger partial charge in [-0.25, -0.2) is 8.42 Å². The van der Waals surface area contributed by atoms with Crippen molar-refractivity contribution in [2.24, 2.45) is 0 Å². The Morgan fingerprint density at radius 1 is 1.17 bits per heavy atom. The standard InChI is InChI=1S/C22H25N3O4S/c1-29-16-7-8-20-18(13-16)19(14-23-20)15-9-11-25(12-10-15)22(26)17-5-3-4-6-21(17)24-30(2,27)28/h3-8,13-15,23-24H,9-12H2,1-2H3. The van der Waals surface area contributed by atoms with Crippen LogP contribution in [0, 0.1) is 0 Å². The Morgan fingerprint density at radius 3 is 2.60 bits per heavy atom. The zero-order valence-electron chi connectivity index (χ0n) is 17.0. The van der Waals surface area contributed by atoms with Gasteiger partial charge in [-0.2, -0.15) is 0 Å². The minimum absolute atomic E-state index is 0.152. The van der Waals surface area contributed by atoms with Crippen molar-refractivity contribution in [1.29, 1.82) is 0 Å². The predicted octanol–water partition coefficient (Wildman–Crippen LogP) is 3.57. The predicted molar refractivity (Wildman–Crippen MR) is 118 cm³/mol. The molecule has 1 aromatic heterocycles. The van der Waals surface area contributed by atoms with Gasteiger partial charge >= 0.3 is 0 Å². The monoisotopic (exact) mass is 427 g/mol. The number of aromatic nitrogens is 1. The van der Waals surface area contributed by atoms with E-state index in [9.17, 15) is 13.2 Å². The van der Waals surface area contributed by atoms with E-state index in [-0.39, 0.29) is 5.91 Å². The van der Waals surface area contributed by atoms with Crippen LogP contribution in [-0.4, -0.2) is 50.7 Å². The molecule has 0 radical (unpaired) electrons. The van der Waals surface area contributed by atoms with Crippen molar-refractivity contribution in [3.05, 3.63) is 59.8 Å². The summed E-state index contributed by atoms with van der Waals surface area (Å²) < 4.78 is 31.1. The Kier molecular flexibility index (Phi) is 5.42. The summed E-state index contributed by atoms with van der Waals surface area (Å²) >= 11 is 0. The molecule has 158 valence electrons. The van der Waals surface area contributed by atoms with E-state index in [1.807, 2.05) is 18.2 Å². The fourth-order valence-electron chi connectivity index (χ4n) is 4.11. The van der Waals surface area contributed by atoms with Crippen LogP contribution in [0.15, 0.2) is 48.7 Å². The van der Waals surface area contributed by atoms with Crippen LogP contribution >= 0.6 is 0 Å². The quantitative estimate of drug-likeness (QED) is 0.651. The summed E-state index contributed by atoms with van der Waals surface area (Å²) in [4.78, 5) is 18.2. The van der Waals surface area contributed by atoms with E-state index >= 15 is 0 Å². The number of likely N-dealkylation sites (tertiary alicyclic amines) is 1. The third kappa shape index (κ3) is 4.14. The van der Waals surface area contributed by atoms with Crippen molar-refractivity contribution in [2.45, 2.75) is 18.8 Å². The van der Waals surface area contributed by atoms with E-state index in [4.69, 9.17) is 4.74 Å². The lowest BCUT2D eigenvalue weighted by Gasteiger charge is -2.32. The summed E-state index contributed by atoms with van der Waals surface area (Å²) in [6.07, 6.45) is 4.82. The molecule has 8 heteroatoms. The van der Waals surface area contributed by atoms with Gasteiger partial charge in [-0.15, -0.1) is 0 Å². The first kappa shape index (κ1) is 20.3. The Bertz CT molecular complexity index is 1180. The number of hydrogen-bond acceptors (Lipinski definition) is 4. The van der Waals surface area contributed by atoms with E-state index in [1.165, 1.54) is 5.56 Å². The Labute approximate surface area is 176 Å². The fraction of sp³-hybridized carbons (Fsp3) is 0.318. The lowest BCUT2D eigenvalue weighted by molar-refractivity contribution is 0.0714. The van der Waals surface area contributed by atoms with E-state index in [2.05, 4.69) is 15.9 Å². The zero-order valence-corrected chi connectivity index (χ0v) is 17.8. The maximum Gasteiger partial charge on any atom is 0.255 e. The molecular formula is C22H25N3O4S. The van der Waals surface area contributed by atoms with Crippen molar-refractivity contribution in [3.8, 4) is 5.75 Å². The number of sulfonamides is 1. The average molecular weight is 428 g/mol. The highest BCUT2D eigenvalue weighted by Gasteiger charge is 2.27. The first-order valence-corrected chi connectivity index (χ1v) is 11.8. The van der Waals surface area contributed by atoms with Gasteiger partial charge in [0.15, 0.2) is 0 Å². The third-order valence-corrected chi connectivity index (χ3v) is 6.19. The van der Waals surface area contributed by atoms with Crippen molar-refractivity contribution in [2.75, 3.05) is 31.2 Å². The van der Waals surface area contributed by atoms with Gasteiger partial charge in [0.05, 0.1) is 24.6 Å². The van der Waals surface area contributed by atoms with Gasteiger partial charge in [-0.3, -0.25) is 9.52 Å². The van der Waals surface area contributed by atoms with Gasteiger partial charge in [-0.1, -0.05) is 12.1 Å². The zero-order chi connectivity index (χ0) is 21.3. The number of carbonyl (C=O) groups is 1. The van der Waals surface area contributed by atoms with Gasteiger partial charge in [0, 0.05) is 30.2 Å². The van der Waals surface area contributed by atoms with Crippen LogP contribution in [0.2, 0.25) is 0 Å². The smallest absolute Gasteiger partial charge is 0.255 e. The maximum absolute atomic E-state index is 13.1. The third-order valence-electron chi connectivity index (χ3n) is 5.60. The minimum atomic E-state index is -3.46. The molecule has 0 atom stereocenters. The van der Waals surface area contributed by atoms with Gasteiger partial charge in [0.2, 0.25) is 10.0 Å². The summed E-state index contributed by atoms with van der Waals surface area (Å²) in [6.45, 7) is 1.24. The number of H-pyrrole nitrogens is 1. The number of rotatable bonds is 5. The molecule has 1 aliphatic rings. The molecular weight excluding hydrogens is 402 g/mol. The number of para-hydroxylation sites is 1. The number of carbonyl (C=O) groups excluding carboxylic acids is 1. The Hall–Kier alpha value is -3.00. The lowest BCUT2D eigenvalue weighted by Crippen LogP contribution is -2.38. The molecule has 4 rings (SSSR count). The molecule has 3 aromatic rings. The van der Waals surface area contributed by atoms with Gasteiger partial charge in [-0.05, 0) is 54.7 Å². The summed E-state index contributed by atoms with van der Waals surface area (Å²) in [7, 11) is -1.80. The molecule has 0 saturated carbocycles. The molecule has 0 bridgehead atoms. The normalized spacial score (nSPS) is 15.3. The van der Waals surface area contributed by atoms with Crippen LogP contribution < -0.4 is 9.46 Å². The topological polar surface area (TPSA) is 91.5 Å². The van der Waals surface area contributed by atoms with Crippen LogP contribution in [0.5, 0.6) is 5.75 Å². The maximum atomic E-state index is 13.1. The number of nitrogens with zero attached hydrogens (tertiary/aromatic N) is 1. The number of anilines is 1. The van der Waals surface area contributed by atoms with Crippen LogP contribution in [0.25, 0.3) is 10.9 Å². The highest BCUT2D eigenvalue weighted by molar-refractivity contribution is 7.92. The van der Waals surface area contributed by atoms with Crippen LogP contribution in [0.4, 0.5) is 5.69 Å². The average Bonchev–Trinajstić information content (AvgIpc) is 3.16. The number of methoxy groups -OCH3 is 1. The van der Waals surface area contributed by atoms with Crippen LogP contribution in [0.3, 0.4) is 0 Å². The Balaban J connectivity index is 1.50. The first-order chi connectivity index (χ1) is 14.4. The molecule has 0 spiro atoms. The molecule has 1 fully saturated rings. The molecule has 1 aliphatic heterocycles. The molecule has 7 nitrogen and oxygen atoms in total. The number of piperidine rings is 1. The number of nitrogens with one attached hydrogen (secondary N) is 2. The first-order valence-electron chi connectivity index (χ1n) is 9.87. The van der Waals surface area contributed by atoms with Crippen molar-refractivity contribution >= 4 is 32.5 Å². The highest BCUT2D eigenvalue weighted by atomic mass is 32.2. The van der Waals surface area contributed by atoms with Crippen LogP contribution in [0.1, 0.15) is 34.7 Å². The molecule has 2 heterocycles. The van der Waals surface area contributed by atoms with Crippen molar-refractivity contribution < 1.29 is 17.9 Å².